The van der Waals surface area contributed by atoms with Crippen LogP contribution in [0.2, 0.25) is 0 Å². The minimum absolute atomic E-state index is 0.227. The van der Waals surface area contributed by atoms with Crippen molar-refractivity contribution in [2.45, 2.75) is 26.8 Å². The molecule has 0 aliphatic carbocycles. The Kier molecular flexibility index (Phi) is 4.05. The van der Waals surface area contributed by atoms with E-state index in [0.717, 1.165) is 22.0 Å². The van der Waals surface area contributed by atoms with Gasteiger partial charge >= 0.3 is 5.97 Å². The number of fused-ring (bicyclic) bond motifs is 1. The fraction of sp³-hybridized carbons (Fsp3) is 0.312. The molecule has 3 heteroatoms. The van der Waals surface area contributed by atoms with Gasteiger partial charge in [0.15, 0.2) is 0 Å². The van der Waals surface area contributed by atoms with Crippen molar-refractivity contribution in [2.75, 3.05) is 11.9 Å². The van der Waals surface area contributed by atoms with Crippen molar-refractivity contribution in [3.63, 3.8) is 0 Å². The molecule has 0 amide bonds. The summed E-state index contributed by atoms with van der Waals surface area (Å²) in [5.41, 5.74) is 2.12. The van der Waals surface area contributed by atoms with E-state index in [2.05, 4.69) is 29.6 Å². The standard InChI is InChI=1S/C16H19NO2/c1-4-19-16(18)12(3)17-15-11(2)9-10-13-7-5-6-8-14(13)15/h5-10,12,17H,4H2,1-3H3/t12-/m0/s1. The number of nitrogens with one attached hydrogen (secondary N) is 1. The van der Waals surface area contributed by atoms with Gasteiger partial charge in [0.2, 0.25) is 0 Å². The zero-order valence-corrected chi connectivity index (χ0v) is 11.6. The maximum absolute atomic E-state index is 11.7. The first-order valence-corrected chi connectivity index (χ1v) is 6.55. The number of hydrogen-bond donors (Lipinski definition) is 1. The van der Waals surface area contributed by atoms with Crippen molar-refractivity contribution in [3.05, 3.63) is 42.0 Å². The molecule has 0 fully saturated rings. The second-order valence-electron chi connectivity index (χ2n) is 4.60. The number of hydrogen-bond acceptors (Lipinski definition) is 3. The molecule has 1 N–H and O–H groups in total. The second kappa shape index (κ2) is 5.74. The summed E-state index contributed by atoms with van der Waals surface area (Å²) < 4.78 is 5.03. The van der Waals surface area contributed by atoms with E-state index in [4.69, 9.17) is 4.74 Å². The number of rotatable bonds is 4. The Morgan fingerprint density at radius 1 is 1.26 bits per heavy atom. The highest BCUT2D eigenvalue weighted by Crippen LogP contribution is 2.27. The van der Waals surface area contributed by atoms with Gasteiger partial charge < -0.3 is 10.1 Å². The lowest BCUT2D eigenvalue weighted by molar-refractivity contribution is -0.143. The third-order valence-electron chi connectivity index (χ3n) is 3.14. The minimum Gasteiger partial charge on any atom is -0.464 e. The smallest absolute Gasteiger partial charge is 0.328 e. The Labute approximate surface area is 113 Å². The Bertz CT molecular complexity index is 592. The molecular formula is C16H19NO2. The van der Waals surface area contributed by atoms with E-state index in [1.807, 2.05) is 32.9 Å². The van der Waals surface area contributed by atoms with Crippen molar-refractivity contribution in [2.24, 2.45) is 0 Å². The van der Waals surface area contributed by atoms with Gasteiger partial charge in [-0.05, 0) is 31.7 Å². The maximum atomic E-state index is 11.7. The van der Waals surface area contributed by atoms with Crippen LogP contribution in [0.3, 0.4) is 0 Å². The van der Waals surface area contributed by atoms with E-state index < -0.39 is 0 Å². The van der Waals surface area contributed by atoms with Crippen LogP contribution in [0.4, 0.5) is 5.69 Å². The van der Waals surface area contributed by atoms with Crippen LogP contribution in [0, 0.1) is 6.92 Å². The predicted octanol–water partition coefficient (Wildman–Crippen LogP) is 3.51. The van der Waals surface area contributed by atoms with Gasteiger partial charge in [-0.25, -0.2) is 4.79 Å². The molecule has 19 heavy (non-hydrogen) atoms. The molecule has 2 rings (SSSR count). The molecule has 0 unspecified atom stereocenters. The Balaban J connectivity index is 2.34. The Hall–Kier alpha value is -2.03. The van der Waals surface area contributed by atoms with E-state index in [1.54, 1.807) is 0 Å². The monoisotopic (exact) mass is 257 g/mol. The number of benzene rings is 2. The Morgan fingerprint density at radius 2 is 2.00 bits per heavy atom. The molecule has 2 aromatic carbocycles. The van der Waals surface area contributed by atoms with Gasteiger partial charge in [-0.3, -0.25) is 0 Å². The number of ether oxygens (including phenoxy) is 1. The zero-order valence-electron chi connectivity index (χ0n) is 11.6. The van der Waals surface area contributed by atoms with E-state index in [-0.39, 0.29) is 12.0 Å². The molecule has 0 saturated carbocycles. The molecule has 0 aliphatic heterocycles. The number of aryl methyl sites for hydroxylation is 1. The molecule has 2 aromatic rings. The first-order chi connectivity index (χ1) is 9.13. The van der Waals surface area contributed by atoms with Crippen molar-refractivity contribution in [1.82, 2.24) is 0 Å². The van der Waals surface area contributed by atoms with Crippen LogP contribution in [0.15, 0.2) is 36.4 Å². The molecule has 0 radical (unpaired) electrons. The number of carbonyl (C=O) groups is 1. The lowest BCUT2D eigenvalue weighted by atomic mass is 10.0. The molecule has 0 bridgehead atoms. The van der Waals surface area contributed by atoms with Crippen molar-refractivity contribution in [3.8, 4) is 0 Å². The number of anilines is 1. The summed E-state index contributed by atoms with van der Waals surface area (Å²) in [7, 11) is 0. The Morgan fingerprint density at radius 3 is 2.74 bits per heavy atom. The van der Waals surface area contributed by atoms with Crippen LogP contribution in [-0.2, 0) is 9.53 Å². The van der Waals surface area contributed by atoms with E-state index >= 15 is 0 Å². The fourth-order valence-electron chi connectivity index (χ4n) is 2.11. The second-order valence-corrected chi connectivity index (χ2v) is 4.60. The molecule has 0 aliphatic rings. The van der Waals surface area contributed by atoms with Crippen LogP contribution >= 0.6 is 0 Å². The van der Waals surface area contributed by atoms with E-state index in [9.17, 15) is 4.79 Å². The number of esters is 1. The summed E-state index contributed by atoms with van der Waals surface area (Å²) in [5, 5.41) is 5.55. The van der Waals surface area contributed by atoms with Gasteiger partial charge in [0, 0.05) is 11.1 Å². The van der Waals surface area contributed by atoms with Crippen LogP contribution < -0.4 is 5.32 Å². The molecule has 100 valence electrons. The summed E-state index contributed by atoms with van der Waals surface area (Å²) in [6.07, 6.45) is 0. The topological polar surface area (TPSA) is 38.3 Å². The van der Waals surface area contributed by atoms with Crippen molar-refractivity contribution in [1.29, 1.82) is 0 Å². The first kappa shape index (κ1) is 13.4. The van der Waals surface area contributed by atoms with E-state index in [0.29, 0.717) is 6.61 Å². The van der Waals surface area contributed by atoms with Crippen LogP contribution in [0.25, 0.3) is 10.8 Å². The van der Waals surface area contributed by atoms with Gasteiger partial charge in [-0.15, -0.1) is 0 Å². The number of carbonyl (C=O) groups excluding carboxylic acids is 1. The van der Waals surface area contributed by atoms with Gasteiger partial charge in [0.25, 0.3) is 0 Å². The summed E-state index contributed by atoms with van der Waals surface area (Å²) in [6, 6.07) is 11.9. The average molecular weight is 257 g/mol. The van der Waals surface area contributed by atoms with Gasteiger partial charge in [-0.2, -0.15) is 0 Å². The highest BCUT2D eigenvalue weighted by atomic mass is 16.5. The van der Waals surface area contributed by atoms with Crippen molar-refractivity contribution >= 4 is 22.4 Å². The van der Waals surface area contributed by atoms with Crippen LogP contribution in [0.1, 0.15) is 19.4 Å². The first-order valence-electron chi connectivity index (χ1n) is 6.55. The predicted molar refractivity (Wildman–Crippen MR) is 78.4 cm³/mol. The summed E-state index contributed by atoms with van der Waals surface area (Å²) in [5.74, 6) is -0.227. The zero-order chi connectivity index (χ0) is 13.8. The third kappa shape index (κ3) is 2.87. The van der Waals surface area contributed by atoms with Gasteiger partial charge in [0.1, 0.15) is 6.04 Å². The molecule has 0 heterocycles. The molecular weight excluding hydrogens is 238 g/mol. The average Bonchev–Trinajstić information content (AvgIpc) is 2.42. The highest BCUT2D eigenvalue weighted by molar-refractivity contribution is 5.96. The SMILES string of the molecule is CCOC(=O)[C@H](C)Nc1c(C)ccc2ccccc12. The molecule has 0 aromatic heterocycles. The van der Waals surface area contributed by atoms with Gasteiger partial charge in [0.05, 0.1) is 6.61 Å². The maximum Gasteiger partial charge on any atom is 0.328 e. The van der Waals surface area contributed by atoms with Crippen molar-refractivity contribution < 1.29 is 9.53 Å². The largest absolute Gasteiger partial charge is 0.464 e. The van der Waals surface area contributed by atoms with Crippen LogP contribution in [-0.4, -0.2) is 18.6 Å². The highest BCUT2D eigenvalue weighted by Gasteiger charge is 2.15. The third-order valence-corrected chi connectivity index (χ3v) is 3.14. The van der Waals surface area contributed by atoms with E-state index in [1.165, 1.54) is 0 Å². The summed E-state index contributed by atoms with van der Waals surface area (Å²) in [6.45, 7) is 6.07. The lowest BCUT2D eigenvalue weighted by Gasteiger charge is -2.17. The molecule has 0 spiro atoms. The molecule has 1 atom stereocenters. The summed E-state index contributed by atoms with van der Waals surface area (Å²) >= 11 is 0. The minimum atomic E-state index is -0.357. The fourth-order valence-corrected chi connectivity index (χ4v) is 2.11. The quantitative estimate of drug-likeness (QED) is 0.852. The molecule has 3 nitrogen and oxygen atoms in total. The summed E-state index contributed by atoms with van der Waals surface area (Å²) in [4.78, 5) is 11.7. The lowest BCUT2D eigenvalue weighted by Crippen LogP contribution is -2.28. The molecule has 0 saturated heterocycles. The normalized spacial score (nSPS) is 12.2. The van der Waals surface area contributed by atoms with Crippen LogP contribution in [0.5, 0.6) is 0 Å². The van der Waals surface area contributed by atoms with Gasteiger partial charge in [-0.1, -0.05) is 36.4 Å².